The van der Waals surface area contributed by atoms with Crippen LogP contribution in [0.15, 0.2) is 48.9 Å². The van der Waals surface area contributed by atoms with Crippen LogP contribution in [0.4, 0.5) is 0 Å². The maximum Gasteiger partial charge on any atom is 0.122 e. The van der Waals surface area contributed by atoms with Gasteiger partial charge in [-0.3, -0.25) is 0 Å². The Morgan fingerprint density at radius 1 is 1.16 bits per heavy atom. The number of imidazole rings is 1. The topological polar surface area (TPSA) is 74.5 Å². The Labute approximate surface area is 110 Å². The largest absolute Gasteiger partial charge is 0.328 e. The molecule has 0 atom stereocenters. The van der Waals surface area contributed by atoms with Crippen molar-refractivity contribution in [1.82, 2.24) is 24.5 Å². The summed E-state index contributed by atoms with van der Waals surface area (Å²) in [5.74, 6) is 0.842. The van der Waals surface area contributed by atoms with Crippen molar-refractivity contribution in [3.8, 4) is 5.69 Å². The predicted molar refractivity (Wildman–Crippen MR) is 70.6 cm³/mol. The minimum Gasteiger partial charge on any atom is -0.328 e. The second kappa shape index (κ2) is 5.03. The van der Waals surface area contributed by atoms with Gasteiger partial charge in [0.15, 0.2) is 0 Å². The highest BCUT2D eigenvalue weighted by atomic mass is 15.4. The van der Waals surface area contributed by atoms with Crippen LogP contribution in [0.5, 0.6) is 0 Å². The van der Waals surface area contributed by atoms with Gasteiger partial charge < -0.3 is 10.3 Å². The number of para-hydroxylation sites is 1. The van der Waals surface area contributed by atoms with E-state index in [1.807, 2.05) is 47.3 Å². The molecule has 0 aliphatic heterocycles. The van der Waals surface area contributed by atoms with E-state index < -0.39 is 0 Å². The minimum atomic E-state index is 0.416. The molecule has 1 aromatic carbocycles. The first kappa shape index (κ1) is 11.6. The fraction of sp³-hybridized carbons (Fsp3) is 0.154. The molecule has 6 nitrogen and oxygen atoms in total. The van der Waals surface area contributed by atoms with Crippen LogP contribution in [-0.4, -0.2) is 24.5 Å². The third-order valence-corrected chi connectivity index (χ3v) is 2.88. The molecule has 0 unspecified atom stereocenters. The lowest BCUT2D eigenvalue weighted by Gasteiger charge is -2.02. The van der Waals surface area contributed by atoms with Gasteiger partial charge in [0.1, 0.15) is 11.5 Å². The Morgan fingerprint density at radius 3 is 2.79 bits per heavy atom. The molecule has 0 spiro atoms. The van der Waals surface area contributed by atoms with Crippen LogP contribution in [0.3, 0.4) is 0 Å². The molecule has 6 heteroatoms. The molecule has 0 aliphatic carbocycles. The van der Waals surface area contributed by atoms with Crippen molar-refractivity contribution < 1.29 is 0 Å². The van der Waals surface area contributed by atoms with Crippen LogP contribution >= 0.6 is 0 Å². The fourth-order valence-electron chi connectivity index (χ4n) is 1.93. The van der Waals surface area contributed by atoms with E-state index in [1.54, 1.807) is 10.9 Å². The van der Waals surface area contributed by atoms with Crippen molar-refractivity contribution in [2.75, 3.05) is 0 Å². The average molecular weight is 254 g/mol. The number of benzene rings is 1. The predicted octanol–water partition coefficient (Wildman–Crippen LogP) is 0.971. The van der Waals surface area contributed by atoms with Gasteiger partial charge in [-0.1, -0.05) is 23.4 Å². The van der Waals surface area contributed by atoms with E-state index in [1.165, 1.54) is 0 Å². The fourth-order valence-corrected chi connectivity index (χ4v) is 1.93. The molecule has 96 valence electrons. The second-order valence-electron chi connectivity index (χ2n) is 4.17. The van der Waals surface area contributed by atoms with Crippen molar-refractivity contribution >= 4 is 0 Å². The van der Waals surface area contributed by atoms with Crippen molar-refractivity contribution in [1.29, 1.82) is 0 Å². The van der Waals surface area contributed by atoms with Gasteiger partial charge in [-0.25, -0.2) is 9.67 Å². The molecule has 2 aromatic heterocycles. The van der Waals surface area contributed by atoms with E-state index in [2.05, 4.69) is 15.3 Å². The van der Waals surface area contributed by atoms with Crippen LogP contribution in [0.25, 0.3) is 5.69 Å². The van der Waals surface area contributed by atoms with Gasteiger partial charge in [0.25, 0.3) is 0 Å². The third kappa shape index (κ3) is 2.38. The van der Waals surface area contributed by atoms with Crippen molar-refractivity contribution in [2.24, 2.45) is 5.73 Å². The Bertz CT molecular complexity index is 655. The van der Waals surface area contributed by atoms with Gasteiger partial charge in [0.05, 0.1) is 25.0 Å². The zero-order valence-electron chi connectivity index (χ0n) is 10.3. The third-order valence-electron chi connectivity index (χ3n) is 2.88. The summed E-state index contributed by atoms with van der Waals surface area (Å²) in [6, 6.07) is 9.89. The quantitative estimate of drug-likeness (QED) is 0.753. The molecule has 2 heterocycles. The van der Waals surface area contributed by atoms with E-state index in [4.69, 9.17) is 5.73 Å². The van der Waals surface area contributed by atoms with E-state index in [0.717, 1.165) is 17.2 Å². The van der Waals surface area contributed by atoms with Crippen molar-refractivity contribution in [3.63, 3.8) is 0 Å². The Morgan fingerprint density at radius 2 is 2.00 bits per heavy atom. The van der Waals surface area contributed by atoms with Crippen LogP contribution in [0.1, 0.15) is 11.5 Å². The van der Waals surface area contributed by atoms with Crippen LogP contribution < -0.4 is 5.73 Å². The van der Waals surface area contributed by atoms with E-state index in [9.17, 15) is 0 Å². The van der Waals surface area contributed by atoms with Crippen molar-refractivity contribution in [3.05, 3.63) is 60.4 Å². The number of hydrogen-bond acceptors (Lipinski definition) is 4. The number of nitrogens with zero attached hydrogens (tertiary/aromatic N) is 5. The lowest BCUT2D eigenvalue weighted by Crippen LogP contribution is -2.09. The molecule has 0 amide bonds. The number of rotatable bonds is 4. The lowest BCUT2D eigenvalue weighted by molar-refractivity contribution is 0.705. The minimum absolute atomic E-state index is 0.416. The maximum atomic E-state index is 5.62. The first-order valence-electron chi connectivity index (χ1n) is 6.03. The molecular weight excluding hydrogens is 240 g/mol. The number of aromatic nitrogens is 5. The Balaban J connectivity index is 1.82. The normalized spacial score (nSPS) is 10.8. The molecule has 2 N–H and O–H groups in total. The first-order chi connectivity index (χ1) is 9.36. The van der Waals surface area contributed by atoms with Crippen LogP contribution in [0, 0.1) is 0 Å². The van der Waals surface area contributed by atoms with E-state index >= 15 is 0 Å². The monoisotopic (exact) mass is 254 g/mol. The van der Waals surface area contributed by atoms with Crippen LogP contribution in [0.2, 0.25) is 0 Å². The summed E-state index contributed by atoms with van der Waals surface area (Å²) < 4.78 is 3.73. The molecule has 3 rings (SSSR count). The highest BCUT2D eigenvalue weighted by molar-refractivity contribution is 5.29. The van der Waals surface area contributed by atoms with Gasteiger partial charge in [0, 0.05) is 12.4 Å². The molecule has 19 heavy (non-hydrogen) atoms. The first-order valence-corrected chi connectivity index (χ1v) is 6.03. The molecule has 3 aromatic rings. The van der Waals surface area contributed by atoms with E-state index in [-0.39, 0.29) is 0 Å². The standard InChI is InChI=1S/C13H14N6/c14-8-13-15-6-7-18(13)9-11-10-19(17-16-11)12-4-2-1-3-5-12/h1-7,10H,8-9,14H2. The SMILES string of the molecule is NCc1nccn1Cc1cn(-c2ccccc2)nn1. The summed E-state index contributed by atoms with van der Waals surface area (Å²) in [5, 5.41) is 8.29. The molecule has 0 aliphatic rings. The summed E-state index contributed by atoms with van der Waals surface area (Å²) >= 11 is 0. The smallest absolute Gasteiger partial charge is 0.122 e. The van der Waals surface area contributed by atoms with Crippen LogP contribution in [-0.2, 0) is 13.1 Å². The molecule has 0 fully saturated rings. The summed E-state index contributed by atoms with van der Waals surface area (Å²) in [7, 11) is 0. The number of nitrogens with two attached hydrogens (primary N) is 1. The van der Waals surface area contributed by atoms with E-state index in [0.29, 0.717) is 13.1 Å². The van der Waals surface area contributed by atoms with Gasteiger partial charge in [-0.2, -0.15) is 0 Å². The Hall–Kier alpha value is -2.47. The molecule has 0 saturated carbocycles. The molecule has 0 saturated heterocycles. The highest BCUT2D eigenvalue weighted by Gasteiger charge is 2.06. The van der Waals surface area contributed by atoms with Gasteiger partial charge in [-0.05, 0) is 12.1 Å². The summed E-state index contributed by atoms with van der Waals surface area (Å²) in [4.78, 5) is 4.18. The van der Waals surface area contributed by atoms with Crippen molar-refractivity contribution in [2.45, 2.75) is 13.1 Å². The zero-order chi connectivity index (χ0) is 13.1. The molecular formula is C13H14N6. The molecule has 0 radical (unpaired) electrons. The average Bonchev–Trinajstić information content (AvgIpc) is 3.09. The lowest BCUT2D eigenvalue weighted by atomic mass is 10.3. The summed E-state index contributed by atoms with van der Waals surface area (Å²) in [5.41, 5.74) is 7.48. The van der Waals surface area contributed by atoms with Gasteiger partial charge in [0.2, 0.25) is 0 Å². The second-order valence-corrected chi connectivity index (χ2v) is 4.17. The summed E-state index contributed by atoms with van der Waals surface area (Å²) in [6.07, 6.45) is 5.54. The zero-order valence-corrected chi connectivity index (χ0v) is 10.3. The maximum absolute atomic E-state index is 5.62. The summed E-state index contributed by atoms with van der Waals surface area (Å²) in [6.45, 7) is 1.04. The highest BCUT2D eigenvalue weighted by Crippen LogP contribution is 2.07. The van der Waals surface area contributed by atoms with Gasteiger partial charge >= 0.3 is 0 Å². The Kier molecular flexibility index (Phi) is 3.07. The van der Waals surface area contributed by atoms with Gasteiger partial charge in [-0.15, -0.1) is 5.10 Å². The molecule has 0 bridgehead atoms. The number of hydrogen-bond donors (Lipinski definition) is 1.